The van der Waals surface area contributed by atoms with Crippen molar-refractivity contribution in [2.75, 3.05) is 0 Å². The fourth-order valence-corrected chi connectivity index (χ4v) is 2.92. The van der Waals surface area contributed by atoms with Crippen molar-refractivity contribution in [1.29, 1.82) is 0 Å². The van der Waals surface area contributed by atoms with Gasteiger partial charge in [-0.25, -0.2) is 4.98 Å². The Morgan fingerprint density at radius 1 is 1.15 bits per heavy atom. The fourth-order valence-electron chi connectivity index (χ4n) is 1.76. The van der Waals surface area contributed by atoms with Crippen molar-refractivity contribution >= 4 is 11.3 Å². The van der Waals surface area contributed by atoms with Crippen molar-refractivity contribution < 1.29 is 0 Å². The third-order valence-corrected chi connectivity index (χ3v) is 4.36. The summed E-state index contributed by atoms with van der Waals surface area (Å²) < 4.78 is 0. The van der Waals surface area contributed by atoms with Gasteiger partial charge in [0.1, 0.15) is 0 Å². The molecule has 1 aliphatic rings. The van der Waals surface area contributed by atoms with Crippen LogP contribution in [0, 0.1) is 0 Å². The molecule has 0 saturated heterocycles. The Balaban J connectivity index is 2.50. The quantitative estimate of drug-likeness (QED) is 0.617. The third-order valence-electron chi connectivity index (χ3n) is 3.15. The predicted octanol–water partition coefficient (Wildman–Crippen LogP) is 3.49. The van der Waals surface area contributed by atoms with Crippen LogP contribution in [0.2, 0.25) is 0 Å². The molecule has 0 saturated carbocycles. The Morgan fingerprint density at radius 3 is 2.46 bits per heavy atom. The summed E-state index contributed by atoms with van der Waals surface area (Å²) in [6.45, 7) is 9.20. The van der Waals surface area contributed by atoms with E-state index in [1.807, 2.05) is 11.3 Å². The molecule has 0 radical (unpaired) electrons. The molecule has 13 heavy (non-hydrogen) atoms. The van der Waals surface area contributed by atoms with Crippen LogP contribution in [-0.4, -0.2) is 4.98 Å². The minimum atomic E-state index is 0.280. The highest BCUT2D eigenvalue weighted by molar-refractivity contribution is 7.09. The van der Waals surface area contributed by atoms with E-state index in [0.29, 0.717) is 0 Å². The van der Waals surface area contributed by atoms with E-state index in [4.69, 9.17) is 4.98 Å². The summed E-state index contributed by atoms with van der Waals surface area (Å²) in [5, 5.41) is 3.55. The van der Waals surface area contributed by atoms with Crippen molar-refractivity contribution in [3.8, 4) is 0 Å². The second-order valence-corrected chi connectivity index (χ2v) is 6.16. The first-order valence-corrected chi connectivity index (χ1v) is 5.76. The van der Waals surface area contributed by atoms with Crippen molar-refractivity contribution in [2.24, 2.45) is 0 Å². The van der Waals surface area contributed by atoms with E-state index >= 15 is 0 Å². The largest absolute Gasteiger partial charge is 0.245 e. The molecule has 2 heteroatoms. The Hall–Kier alpha value is -0.370. The molecule has 72 valence electrons. The highest BCUT2D eigenvalue weighted by Gasteiger charge is 2.34. The van der Waals surface area contributed by atoms with Gasteiger partial charge in [-0.05, 0) is 12.8 Å². The van der Waals surface area contributed by atoms with E-state index < -0.39 is 0 Å². The lowest BCUT2D eigenvalue weighted by Gasteiger charge is -2.26. The average Bonchev–Trinajstić information content (AvgIpc) is 2.47. The van der Waals surface area contributed by atoms with Gasteiger partial charge in [-0.15, -0.1) is 11.3 Å². The van der Waals surface area contributed by atoms with Gasteiger partial charge >= 0.3 is 0 Å². The summed E-state index contributed by atoms with van der Waals surface area (Å²) in [6.07, 6.45) is 2.50. The minimum absolute atomic E-state index is 0.280. The standard InChI is InChI=1S/C11H17NS/c1-10(2)5-6-11(3,4)9-12-8(10)7-13-9/h7H,5-6H2,1-4H3. The molecule has 0 atom stereocenters. The number of fused-ring (bicyclic) bond motifs is 2. The van der Waals surface area contributed by atoms with E-state index in [-0.39, 0.29) is 10.8 Å². The Kier molecular flexibility index (Phi) is 1.82. The molecular formula is C11H17NS. The second-order valence-electron chi connectivity index (χ2n) is 5.31. The molecule has 0 N–H and O–H groups in total. The molecule has 1 nitrogen and oxygen atoms in total. The highest BCUT2D eigenvalue weighted by Crippen LogP contribution is 2.41. The van der Waals surface area contributed by atoms with Gasteiger partial charge in [0.25, 0.3) is 0 Å². The van der Waals surface area contributed by atoms with Gasteiger partial charge in [0.2, 0.25) is 0 Å². The first kappa shape index (κ1) is 9.20. The van der Waals surface area contributed by atoms with Crippen LogP contribution in [0.1, 0.15) is 51.2 Å². The van der Waals surface area contributed by atoms with Gasteiger partial charge in [-0.2, -0.15) is 0 Å². The predicted molar refractivity (Wildman–Crippen MR) is 57.4 cm³/mol. The molecule has 0 unspecified atom stereocenters. The summed E-state index contributed by atoms with van der Waals surface area (Å²) in [4.78, 5) is 4.73. The maximum absolute atomic E-state index is 4.73. The lowest BCUT2D eigenvalue weighted by molar-refractivity contribution is 0.390. The van der Waals surface area contributed by atoms with Crippen LogP contribution < -0.4 is 0 Å². The van der Waals surface area contributed by atoms with Crippen LogP contribution in [0.3, 0.4) is 0 Å². The van der Waals surface area contributed by atoms with E-state index in [2.05, 4.69) is 33.1 Å². The zero-order valence-corrected chi connectivity index (χ0v) is 9.66. The number of thiazole rings is 1. The van der Waals surface area contributed by atoms with Crippen LogP contribution in [0.5, 0.6) is 0 Å². The number of aromatic nitrogens is 1. The van der Waals surface area contributed by atoms with Crippen LogP contribution >= 0.6 is 11.3 Å². The summed E-state index contributed by atoms with van der Waals surface area (Å²) >= 11 is 1.82. The molecule has 0 spiro atoms. The van der Waals surface area contributed by atoms with Gasteiger partial charge in [0.15, 0.2) is 0 Å². The van der Waals surface area contributed by atoms with Gasteiger partial charge in [-0.1, -0.05) is 27.7 Å². The summed E-state index contributed by atoms with van der Waals surface area (Å²) in [5.74, 6) is 0. The third kappa shape index (κ3) is 1.41. The zero-order chi connectivity index (χ0) is 9.69. The molecule has 0 aromatic carbocycles. The molecule has 1 aromatic rings. The average molecular weight is 195 g/mol. The molecule has 2 heterocycles. The smallest absolute Gasteiger partial charge is 0.0984 e. The van der Waals surface area contributed by atoms with Crippen LogP contribution in [0.15, 0.2) is 5.38 Å². The molecule has 1 aliphatic heterocycles. The van der Waals surface area contributed by atoms with Crippen molar-refractivity contribution in [1.82, 2.24) is 4.98 Å². The van der Waals surface area contributed by atoms with Gasteiger partial charge in [0.05, 0.1) is 10.7 Å². The Labute approximate surface area is 84.2 Å². The lowest BCUT2D eigenvalue weighted by Crippen LogP contribution is -2.20. The van der Waals surface area contributed by atoms with Crippen LogP contribution in [-0.2, 0) is 10.8 Å². The summed E-state index contributed by atoms with van der Waals surface area (Å²) in [6, 6.07) is 0. The van der Waals surface area contributed by atoms with E-state index in [1.54, 1.807) is 0 Å². The molecule has 2 rings (SSSR count). The van der Waals surface area contributed by atoms with Gasteiger partial charge in [0, 0.05) is 16.2 Å². The molecular weight excluding hydrogens is 178 g/mol. The van der Waals surface area contributed by atoms with Crippen molar-refractivity contribution in [3.63, 3.8) is 0 Å². The molecule has 0 fully saturated rings. The fraction of sp³-hybridized carbons (Fsp3) is 0.727. The molecule has 0 amide bonds. The molecule has 1 aromatic heterocycles. The summed E-state index contributed by atoms with van der Waals surface area (Å²) in [5.41, 5.74) is 1.86. The first-order valence-electron chi connectivity index (χ1n) is 4.88. The molecule has 2 bridgehead atoms. The monoisotopic (exact) mass is 195 g/mol. The number of hydrogen-bond acceptors (Lipinski definition) is 2. The maximum atomic E-state index is 4.73. The Morgan fingerprint density at radius 2 is 1.77 bits per heavy atom. The number of hydrogen-bond donors (Lipinski definition) is 0. The van der Waals surface area contributed by atoms with E-state index in [1.165, 1.54) is 23.5 Å². The van der Waals surface area contributed by atoms with Crippen LogP contribution in [0.4, 0.5) is 0 Å². The van der Waals surface area contributed by atoms with E-state index in [0.717, 1.165) is 0 Å². The minimum Gasteiger partial charge on any atom is -0.245 e. The molecule has 0 aliphatic carbocycles. The number of rotatable bonds is 0. The Bertz CT molecular complexity index is 292. The van der Waals surface area contributed by atoms with Crippen LogP contribution in [0.25, 0.3) is 0 Å². The summed E-state index contributed by atoms with van der Waals surface area (Å²) in [7, 11) is 0. The topological polar surface area (TPSA) is 12.9 Å². The normalized spacial score (nSPS) is 24.0. The van der Waals surface area contributed by atoms with Crippen molar-refractivity contribution in [2.45, 2.75) is 51.4 Å². The highest BCUT2D eigenvalue weighted by atomic mass is 32.1. The SMILES string of the molecule is CC1(C)CCC(C)(C)c2nc1cs2. The van der Waals surface area contributed by atoms with Gasteiger partial charge in [-0.3, -0.25) is 0 Å². The second kappa shape index (κ2) is 2.57. The maximum Gasteiger partial charge on any atom is 0.0984 e. The lowest BCUT2D eigenvalue weighted by atomic mass is 9.79. The van der Waals surface area contributed by atoms with Gasteiger partial charge < -0.3 is 0 Å². The van der Waals surface area contributed by atoms with E-state index in [9.17, 15) is 0 Å². The number of nitrogens with zero attached hydrogens (tertiary/aromatic N) is 1. The first-order chi connectivity index (χ1) is 5.92. The zero-order valence-electron chi connectivity index (χ0n) is 8.85. The van der Waals surface area contributed by atoms with Crippen molar-refractivity contribution in [3.05, 3.63) is 16.1 Å².